The standard InChI is InChI=1S/C28H25NO4/c30-27-21-13-22(28(27)31)26-24(18-11-10-16(29(32)33)12-20(18)25(21)26)19-7-3-5-15-9-8-14-4-1-2-6-17(14)23(15)19/h1-2,4,6,8-12,21-22,25-28,30-31H,3,5,7,13H2/b24-19+/t21-,22+,25?,26?,27+,28-/m0/s1. The summed E-state index contributed by atoms with van der Waals surface area (Å²) in [6, 6.07) is 18.2. The zero-order valence-electron chi connectivity index (χ0n) is 18.1. The topological polar surface area (TPSA) is 83.6 Å². The second-order valence-electron chi connectivity index (χ2n) is 10.2. The summed E-state index contributed by atoms with van der Waals surface area (Å²) >= 11 is 0. The number of hydrogen-bond acceptors (Lipinski definition) is 4. The molecule has 33 heavy (non-hydrogen) atoms. The summed E-state index contributed by atoms with van der Waals surface area (Å²) in [5, 5.41) is 35.6. The predicted octanol–water partition coefficient (Wildman–Crippen LogP) is 5.08. The molecule has 2 saturated carbocycles. The molecule has 0 amide bonds. The first-order valence-corrected chi connectivity index (χ1v) is 11.9. The van der Waals surface area contributed by atoms with Crippen molar-refractivity contribution in [1.82, 2.24) is 0 Å². The van der Waals surface area contributed by atoms with Crippen LogP contribution in [0.2, 0.25) is 0 Å². The Balaban J connectivity index is 1.54. The van der Waals surface area contributed by atoms with E-state index in [1.807, 2.05) is 6.07 Å². The maximum Gasteiger partial charge on any atom is 0.269 e. The Hall–Kier alpha value is -3.02. The number of nitro groups is 1. The molecule has 3 aromatic carbocycles. The lowest BCUT2D eigenvalue weighted by Gasteiger charge is -2.35. The van der Waals surface area contributed by atoms with E-state index in [-0.39, 0.29) is 34.3 Å². The number of allylic oxidation sites excluding steroid dienone is 2. The van der Waals surface area contributed by atoms with Gasteiger partial charge < -0.3 is 10.2 Å². The van der Waals surface area contributed by atoms with Gasteiger partial charge in [-0.2, -0.15) is 0 Å². The summed E-state index contributed by atoms with van der Waals surface area (Å²) < 4.78 is 0. The number of benzene rings is 3. The number of nitro benzene ring substituents is 1. The summed E-state index contributed by atoms with van der Waals surface area (Å²) in [5.41, 5.74) is 7.46. The molecule has 2 unspecified atom stereocenters. The fraction of sp³-hybridized carbons (Fsp3) is 0.357. The first-order chi connectivity index (χ1) is 16.0. The van der Waals surface area contributed by atoms with E-state index < -0.39 is 12.2 Å². The molecular formula is C28H25NO4. The highest BCUT2D eigenvalue weighted by molar-refractivity contribution is 6.05. The quantitative estimate of drug-likeness (QED) is 0.409. The number of nitrogens with zero attached hydrogens (tertiary/aromatic N) is 1. The van der Waals surface area contributed by atoms with Gasteiger partial charge in [0.2, 0.25) is 0 Å². The van der Waals surface area contributed by atoms with Crippen LogP contribution in [0.3, 0.4) is 0 Å². The van der Waals surface area contributed by atoms with Gasteiger partial charge in [0.05, 0.1) is 17.1 Å². The highest BCUT2D eigenvalue weighted by atomic mass is 16.6. The molecule has 5 heteroatoms. The van der Waals surface area contributed by atoms with Crippen molar-refractivity contribution in [2.45, 2.75) is 43.8 Å². The van der Waals surface area contributed by atoms with E-state index in [0.717, 1.165) is 36.8 Å². The van der Waals surface area contributed by atoms with Gasteiger partial charge >= 0.3 is 0 Å². The molecule has 0 aliphatic heterocycles. The molecule has 2 N–H and O–H groups in total. The average Bonchev–Trinajstić information content (AvgIpc) is 3.46. The predicted molar refractivity (Wildman–Crippen MR) is 127 cm³/mol. The zero-order valence-corrected chi connectivity index (χ0v) is 18.1. The molecule has 4 aliphatic rings. The van der Waals surface area contributed by atoms with Crippen molar-refractivity contribution < 1.29 is 15.1 Å². The van der Waals surface area contributed by atoms with Crippen molar-refractivity contribution in [3.8, 4) is 0 Å². The van der Waals surface area contributed by atoms with E-state index in [0.29, 0.717) is 0 Å². The van der Waals surface area contributed by atoms with Gasteiger partial charge in [0.15, 0.2) is 0 Å². The van der Waals surface area contributed by atoms with Crippen LogP contribution < -0.4 is 0 Å². The second-order valence-corrected chi connectivity index (χ2v) is 10.2. The molecule has 2 fully saturated rings. The summed E-state index contributed by atoms with van der Waals surface area (Å²) in [7, 11) is 0. The lowest BCUT2D eigenvalue weighted by Crippen LogP contribution is -2.39. The van der Waals surface area contributed by atoms with Gasteiger partial charge in [0, 0.05) is 12.1 Å². The molecular weight excluding hydrogens is 414 g/mol. The van der Waals surface area contributed by atoms with Crippen LogP contribution in [0.1, 0.15) is 47.4 Å². The number of aliphatic hydroxyl groups is 2. The Labute approximate surface area is 191 Å². The fourth-order valence-corrected chi connectivity index (χ4v) is 7.63. The number of rotatable bonds is 1. The van der Waals surface area contributed by atoms with Crippen molar-refractivity contribution in [1.29, 1.82) is 0 Å². The lowest BCUT2D eigenvalue weighted by molar-refractivity contribution is -0.384. The molecule has 0 radical (unpaired) electrons. The third kappa shape index (κ3) is 2.49. The number of hydrogen-bond donors (Lipinski definition) is 2. The van der Waals surface area contributed by atoms with Gasteiger partial charge in [0.25, 0.3) is 5.69 Å². The molecule has 3 aromatic rings. The van der Waals surface area contributed by atoms with E-state index in [9.17, 15) is 20.3 Å². The minimum Gasteiger partial charge on any atom is -0.390 e. The highest BCUT2D eigenvalue weighted by Crippen LogP contribution is 2.67. The maximum atomic E-state index is 11.6. The van der Waals surface area contributed by atoms with Crippen LogP contribution >= 0.6 is 0 Å². The van der Waals surface area contributed by atoms with Crippen LogP contribution in [-0.4, -0.2) is 27.3 Å². The average molecular weight is 440 g/mol. The molecule has 0 spiro atoms. The number of aliphatic hydroxyl groups excluding tert-OH is 2. The summed E-state index contributed by atoms with van der Waals surface area (Å²) in [4.78, 5) is 11.2. The van der Waals surface area contributed by atoms with Crippen LogP contribution in [0.5, 0.6) is 0 Å². The highest BCUT2D eigenvalue weighted by Gasteiger charge is 2.62. The fourth-order valence-electron chi connectivity index (χ4n) is 7.63. The smallest absolute Gasteiger partial charge is 0.269 e. The van der Waals surface area contributed by atoms with E-state index in [1.165, 1.54) is 33.0 Å². The van der Waals surface area contributed by atoms with Crippen LogP contribution in [0.4, 0.5) is 5.69 Å². The van der Waals surface area contributed by atoms with Crippen molar-refractivity contribution in [3.63, 3.8) is 0 Å². The summed E-state index contributed by atoms with van der Waals surface area (Å²) in [6.07, 6.45) is 2.37. The van der Waals surface area contributed by atoms with Crippen LogP contribution in [0, 0.1) is 27.9 Å². The molecule has 7 rings (SSSR count). The molecule has 166 valence electrons. The Morgan fingerprint density at radius 2 is 1.70 bits per heavy atom. The monoisotopic (exact) mass is 439 g/mol. The Morgan fingerprint density at radius 3 is 2.52 bits per heavy atom. The minimum absolute atomic E-state index is 0.00990. The SMILES string of the molecule is O=[N+]([O-])c1ccc2c(c1)C1C(/C2=C2\CCCc3ccc4ccccc4c32)[C@H]2C[C@@H]1[C@@H](O)[C@H]2O. The van der Waals surface area contributed by atoms with Crippen molar-refractivity contribution in [3.05, 3.63) is 87.0 Å². The van der Waals surface area contributed by atoms with Crippen molar-refractivity contribution in [2.75, 3.05) is 0 Å². The van der Waals surface area contributed by atoms with Crippen LogP contribution in [-0.2, 0) is 6.42 Å². The van der Waals surface area contributed by atoms with Gasteiger partial charge in [-0.25, -0.2) is 0 Å². The van der Waals surface area contributed by atoms with Crippen molar-refractivity contribution >= 4 is 27.6 Å². The number of non-ortho nitro benzene ring substituents is 1. The zero-order chi connectivity index (χ0) is 22.4. The number of aryl methyl sites for hydroxylation is 1. The third-order valence-electron chi connectivity index (χ3n) is 8.82. The van der Waals surface area contributed by atoms with Gasteiger partial charge in [-0.3, -0.25) is 10.1 Å². The Morgan fingerprint density at radius 1 is 0.909 bits per heavy atom. The number of fused-ring (bicyclic) bond motifs is 10. The molecule has 4 aliphatic carbocycles. The first-order valence-electron chi connectivity index (χ1n) is 11.9. The van der Waals surface area contributed by atoms with Crippen molar-refractivity contribution in [2.24, 2.45) is 17.8 Å². The van der Waals surface area contributed by atoms with E-state index >= 15 is 0 Å². The molecule has 0 saturated heterocycles. The minimum atomic E-state index is -0.757. The lowest BCUT2D eigenvalue weighted by atomic mass is 9.72. The van der Waals surface area contributed by atoms with Gasteiger partial charge in [-0.1, -0.05) is 36.4 Å². The van der Waals surface area contributed by atoms with Gasteiger partial charge in [0.1, 0.15) is 0 Å². The molecule has 0 heterocycles. The van der Waals surface area contributed by atoms with E-state index in [1.54, 1.807) is 12.1 Å². The first kappa shape index (κ1) is 19.4. The largest absolute Gasteiger partial charge is 0.390 e. The Kier molecular flexibility index (Phi) is 3.98. The summed E-state index contributed by atoms with van der Waals surface area (Å²) in [5.74, 6) is 0.0743. The van der Waals surface area contributed by atoms with Crippen LogP contribution in [0.15, 0.2) is 54.6 Å². The van der Waals surface area contributed by atoms with Crippen LogP contribution in [0.25, 0.3) is 21.9 Å². The second kappa shape index (κ2) is 6.75. The summed E-state index contributed by atoms with van der Waals surface area (Å²) in [6.45, 7) is 0. The molecule has 2 bridgehead atoms. The van der Waals surface area contributed by atoms with Gasteiger partial charge in [-0.15, -0.1) is 0 Å². The normalized spacial score (nSPS) is 33.8. The van der Waals surface area contributed by atoms with E-state index in [4.69, 9.17) is 0 Å². The third-order valence-corrected chi connectivity index (χ3v) is 8.82. The molecule has 6 atom stereocenters. The molecule has 5 nitrogen and oxygen atoms in total. The Bertz CT molecular complexity index is 1380. The van der Waals surface area contributed by atoms with Gasteiger partial charge in [-0.05, 0) is 99.6 Å². The maximum absolute atomic E-state index is 11.6. The molecule has 0 aromatic heterocycles. The van der Waals surface area contributed by atoms with E-state index in [2.05, 4.69) is 36.4 Å².